The molecule has 0 fully saturated rings. The van der Waals surface area contributed by atoms with Gasteiger partial charge in [-0.15, -0.1) is 0 Å². The van der Waals surface area contributed by atoms with Gasteiger partial charge in [-0.3, -0.25) is 0 Å². The molecule has 0 heterocycles. The second kappa shape index (κ2) is 34.5. The number of unbranched alkanes of at least 4 members (excludes halogenated alkanes) is 8. The first-order valence-electron chi connectivity index (χ1n) is 18.0. The molecule has 0 aliphatic carbocycles. The molecule has 0 rings (SSSR count). The molecule has 0 aromatic rings. The van der Waals surface area contributed by atoms with E-state index < -0.39 is 17.6 Å². The summed E-state index contributed by atoms with van der Waals surface area (Å²) in [6.07, 6.45) is 17.8. The van der Waals surface area contributed by atoms with Gasteiger partial charge in [0.2, 0.25) is 0 Å². The van der Waals surface area contributed by atoms with Gasteiger partial charge in [0.1, 0.15) is 0 Å². The van der Waals surface area contributed by atoms with E-state index in [0.717, 1.165) is 153 Å². The third-order valence-corrected chi connectivity index (χ3v) is 19.4. The lowest BCUT2D eigenvalue weighted by Gasteiger charge is -2.30. The fourth-order valence-corrected chi connectivity index (χ4v) is 15.8. The molecular formula is C32H70O6S4Si2. The molecule has 0 atom stereocenters. The Labute approximate surface area is 291 Å². The Bertz CT molecular complexity index is 486. The SMILES string of the molecule is CCCCO[Si](CCCCSSSSCCCC[Si](OCCCC)(OCCCC)OCCCC)(OCCCC)OCCCC. The Morgan fingerprint density at radius 2 is 0.591 bits per heavy atom. The van der Waals surface area contributed by atoms with Crippen molar-refractivity contribution >= 4 is 58.8 Å². The van der Waals surface area contributed by atoms with Crippen molar-refractivity contribution in [3.8, 4) is 0 Å². The first-order chi connectivity index (χ1) is 21.6. The van der Waals surface area contributed by atoms with Crippen molar-refractivity contribution in [2.24, 2.45) is 0 Å². The summed E-state index contributed by atoms with van der Waals surface area (Å²) >= 11 is 0. The van der Waals surface area contributed by atoms with E-state index in [1.165, 1.54) is 12.8 Å². The smallest absolute Gasteiger partial charge is 0.373 e. The molecule has 0 amide bonds. The molecule has 0 aromatic heterocycles. The molecule has 266 valence electrons. The summed E-state index contributed by atoms with van der Waals surface area (Å²) in [5, 5.41) is 0. The summed E-state index contributed by atoms with van der Waals surface area (Å²) in [5.41, 5.74) is 0. The van der Waals surface area contributed by atoms with E-state index in [1.54, 1.807) is 0 Å². The van der Waals surface area contributed by atoms with Crippen LogP contribution in [0, 0.1) is 0 Å². The lowest BCUT2D eigenvalue weighted by Crippen LogP contribution is -2.46. The Balaban J connectivity index is 4.41. The van der Waals surface area contributed by atoms with Crippen molar-refractivity contribution in [2.45, 2.75) is 156 Å². The maximum Gasteiger partial charge on any atom is 0.500 e. The Kier molecular flexibility index (Phi) is 35.7. The third kappa shape index (κ3) is 26.5. The Hall–Kier alpha value is 1.59. The van der Waals surface area contributed by atoms with E-state index in [-0.39, 0.29) is 0 Å². The standard InChI is InChI=1S/C32H70O6S4Si2/c1-7-13-23-33-43(34-24-14-8-2,35-25-15-9-3)31-21-19-29-39-41-42-40-30-20-22-32-44(36-26-16-10-4,37-27-17-11-5)38-28-18-12-6/h7-32H2,1-6H3. The van der Waals surface area contributed by atoms with Crippen LogP contribution in [-0.4, -0.2) is 68.8 Å². The molecule has 0 spiro atoms. The zero-order valence-corrected chi connectivity index (χ0v) is 34.7. The van der Waals surface area contributed by atoms with Gasteiger partial charge in [0.25, 0.3) is 0 Å². The number of rotatable bonds is 37. The summed E-state index contributed by atoms with van der Waals surface area (Å²) < 4.78 is 38.4. The molecule has 6 nitrogen and oxygen atoms in total. The topological polar surface area (TPSA) is 55.4 Å². The largest absolute Gasteiger partial charge is 0.500 e. The van der Waals surface area contributed by atoms with Gasteiger partial charge in [-0.25, -0.2) is 0 Å². The molecule has 0 bridgehead atoms. The quantitative estimate of drug-likeness (QED) is 0.0350. The van der Waals surface area contributed by atoms with Crippen molar-refractivity contribution in [3.63, 3.8) is 0 Å². The highest BCUT2D eigenvalue weighted by atomic mass is 33.7. The van der Waals surface area contributed by atoms with Crippen molar-refractivity contribution < 1.29 is 26.6 Å². The van der Waals surface area contributed by atoms with E-state index in [0.29, 0.717) is 0 Å². The molecule has 44 heavy (non-hydrogen) atoms. The van der Waals surface area contributed by atoms with Crippen LogP contribution < -0.4 is 0 Å². The highest BCUT2D eigenvalue weighted by Crippen LogP contribution is 2.43. The molecule has 0 N–H and O–H groups in total. The van der Waals surface area contributed by atoms with E-state index in [1.807, 2.05) is 41.2 Å². The summed E-state index contributed by atoms with van der Waals surface area (Å²) in [5.74, 6) is 2.30. The molecule has 0 unspecified atom stereocenters. The average molecular weight is 735 g/mol. The minimum absolute atomic E-state index is 0.756. The summed E-state index contributed by atoms with van der Waals surface area (Å²) in [6, 6.07) is 1.88. The zero-order chi connectivity index (χ0) is 32.5. The number of hydrogen-bond donors (Lipinski definition) is 0. The molecule has 0 saturated heterocycles. The summed E-state index contributed by atoms with van der Waals surface area (Å²) in [4.78, 5) is 0. The first kappa shape index (κ1) is 45.6. The van der Waals surface area contributed by atoms with Crippen molar-refractivity contribution in [2.75, 3.05) is 51.1 Å². The Morgan fingerprint density at radius 3 is 0.818 bits per heavy atom. The van der Waals surface area contributed by atoms with Crippen LogP contribution in [0.1, 0.15) is 144 Å². The van der Waals surface area contributed by atoms with Gasteiger partial charge < -0.3 is 26.6 Å². The molecule has 0 aliphatic rings. The molecular weight excluding hydrogens is 665 g/mol. The maximum atomic E-state index is 6.40. The van der Waals surface area contributed by atoms with Crippen LogP contribution >= 0.6 is 41.2 Å². The minimum atomic E-state index is -2.59. The van der Waals surface area contributed by atoms with Crippen LogP contribution in [-0.2, 0) is 26.6 Å². The van der Waals surface area contributed by atoms with Crippen LogP contribution in [0.2, 0.25) is 12.1 Å². The second-order valence-corrected chi connectivity index (χ2v) is 23.0. The van der Waals surface area contributed by atoms with E-state index >= 15 is 0 Å². The van der Waals surface area contributed by atoms with E-state index in [9.17, 15) is 0 Å². The minimum Gasteiger partial charge on any atom is -0.373 e. The fourth-order valence-electron chi connectivity index (χ4n) is 4.03. The molecule has 0 aliphatic heterocycles. The van der Waals surface area contributed by atoms with Gasteiger partial charge in [0.05, 0.1) is 0 Å². The first-order valence-corrected chi connectivity index (χ1v) is 27.0. The van der Waals surface area contributed by atoms with E-state index in [2.05, 4.69) is 41.5 Å². The predicted octanol–water partition coefficient (Wildman–Crippen LogP) is 12.0. The van der Waals surface area contributed by atoms with Gasteiger partial charge in [0, 0.05) is 63.2 Å². The molecule has 12 heteroatoms. The normalized spacial score (nSPS) is 12.4. The summed E-state index contributed by atoms with van der Waals surface area (Å²) in [7, 11) is 2.58. The number of hydrogen-bond acceptors (Lipinski definition) is 10. The van der Waals surface area contributed by atoms with Gasteiger partial charge in [-0.1, -0.05) is 102 Å². The lowest BCUT2D eigenvalue weighted by molar-refractivity contribution is 0.0551. The zero-order valence-electron chi connectivity index (χ0n) is 29.5. The van der Waals surface area contributed by atoms with Gasteiger partial charge in [-0.05, 0) is 83.9 Å². The van der Waals surface area contributed by atoms with E-state index in [4.69, 9.17) is 26.6 Å². The van der Waals surface area contributed by atoms with Crippen LogP contribution in [0.5, 0.6) is 0 Å². The van der Waals surface area contributed by atoms with Crippen LogP contribution in [0.3, 0.4) is 0 Å². The molecule has 0 radical (unpaired) electrons. The molecule has 0 saturated carbocycles. The van der Waals surface area contributed by atoms with Crippen LogP contribution in [0.4, 0.5) is 0 Å². The highest BCUT2D eigenvalue weighted by Gasteiger charge is 2.41. The third-order valence-electron chi connectivity index (χ3n) is 6.96. The van der Waals surface area contributed by atoms with Gasteiger partial charge >= 0.3 is 17.6 Å². The van der Waals surface area contributed by atoms with Crippen LogP contribution in [0.25, 0.3) is 0 Å². The van der Waals surface area contributed by atoms with Crippen molar-refractivity contribution in [1.82, 2.24) is 0 Å². The predicted molar refractivity (Wildman–Crippen MR) is 205 cm³/mol. The van der Waals surface area contributed by atoms with Crippen LogP contribution in [0.15, 0.2) is 0 Å². The lowest BCUT2D eigenvalue weighted by atomic mass is 10.4. The van der Waals surface area contributed by atoms with Crippen molar-refractivity contribution in [1.29, 1.82) is 0 Å². The highest BCUT2D eigenvalue weighted by molar-refractivity contribution is 9.26. The van der Waals surface area contributed by atoms with Crippen molar-refractivity contribution in [3.05, 3.63) is 0 Å². The van der Waals surface area contributed by atoms with Gasteiger partial charge in [0.15, 0.2) is 0 Å². The summed E-state index contributed by atoms with van der Waals surface area (Å²) in [6.45, 7) is 17.8. The second-order valence-electron chi connectivity index (χ2n) is 11.3. The van der Waals surface area contributed by atoms with Gasteiger partial charge in [-0.2, -0.15) is 0 Å². The fraction of sp³-hybridized carbons (Fsp3) is 1.00. The Morgan fingerprint density at radius 1 is 0.341 bits per heavy atom. The monoisotopic (exact) mass is 734 g/mol. The molecule has 0 aromatic carbocycles. The average Bonchev–Trinajstić information content (AvgIpc) is 3.02. The maximum absolute atomic E-state index is 6.40.